The second-order valence-electron chi connectivity index (χ2n) is 7.42. The Bertz CT molecular complexity index is 1280. The number of hydrogen-bond donors (Lipinski definition) is 1. The number of nitrogens with zero attached hydrogens (tertiary/aromatic N) is 2. The molecule has 4 aromatic rings. The van der Waals surface area contributed by atoms with Gasteiger partial charge in [0.2, 0.25) is 5.91 Å². The minimum Gasteiger partial charge on any atom is -0.324 e. The number of pyridine rings is 1. The molecule has 152 valence electrons. The molecule has 0 fully saturated rings. The summed E-state index contributed by atoms with van der Waals surface area (Å²) >= 11 is 12.3. The van der Waals surface area contributed by atoms with Gasteiger partial charge in [-0.1, -0.05) is 47.5 Å². The number of amides is 1. The maximum absolute atomic E-state index is 12.9. The zero-order valence-electron chi connectivity index (χ0n) is 17.0. The molecule has 0 spiro atoms. The highest BCUT2D eigenvalue weighted by molar-refractivity contribution is 6.44. The molecule has 0 radical (unpaired) electrons. The number of benzene rings is 2. The van der Waals surface area contributed by atoms with Crippen LogP contribution in [0.4, 0.5) is 5.69 Å². The van der Waals surface area contributed by atoms with Gasteiger partial charge < -0.3 is 9.72 Å². The van der Waals surface area contributed by atoms with E-state index in [9.17, 15) is 4.79 Å². The summed E-state index contributed by atoms with van der Waals surface area (Å²) < 4.78 is 1.99. The zero-order chi connectivity index (χ0) is 21.4. The van der Waals surface area contributed by atoms with Crippen LogP contribution >= 0.6 is 23.2 Å². The fraction of sp³-hybridized carbons (Fsp3) is 0.167. The minimum absolute atomic E-state index is 0.149. The fourth-order valence-electron chi connectivity index (χ4n) is 3.49. The summed E-state index contributed by atoms with van der Waals surface area (Å²) in [6.07, 6.45) is 2.09. The van der Waals surface area contributed by atoms with Gasteiger partial charge >= 0.3 is 0 Å². The lowest BCUT2D eigenvalue weighted by Crippen LogP contribution is -2.16. The number of anilines is 1. The number of halogens is 2. The summed E-state index contributed by atoms with van der Waals surface area (Å²) in [6.45, 7) is 6.17. The lowest BCUT2D eigenvalue weighted by Gasteiger charge is -2.10. The second kappa shape index (κ2) is 8.13. The van der Waals surface area contributed by atoms with E-state index >= 15 is 0 Å². The first-order chi connectivity index (χ1) is 14.3. The van der Waals surface area contributed by atoms with Crippen LogP contribution in [0.15, 0.2) is 54.7 Å². The van der Waals surface area contributed by atoms with E-state index in [0.717, 1.165) is 28.2 Å². The summed E-state index contributed by atoms with van der Waals surface area (Å²) in [4.78, 5) is 17.8. The van der Waals surface area contributed by atoms with E-state index in [1.165, 1.54) is 11.1 Å². The van der Waals surface area contributed by atoms with Gasteiger partial charge in [0.05, 0.1) is 33.5 Å². The average Bonchev–Trinajstić information content (AvgIpc) is 3.07. The third-order valence-corrected chi connectivity index (χ3v) is 6.10. The summed E-state index contributed by atoms with van der Waals surface area (Å²) in [5, 5.41) is 3.60. The maximum Gasteiger partial charge on any atom is 0.230 e. The molecule has 0 atom stereocenters. The van der Waals surface area contributed by atoms with Crippen molar-refractivity contribution >= 4 is 40.4 Å². The van der Waals surface area contributed by atoms with E-state index in [2.05, 4.69) is 37.4 Å². The molecule has 1 N–H and O–H groups in total. The monoisotopic (exact) mass is 437 g/mol. The molecule has 0 unspecified atom stereocenters. The van der Waals surface area contributed by atoms with E-state index < -0.39 is 0 Å². The number of imidazole rings is 1. The van der Waals surface area contributed by atoms with Crippen LogP contribution < -0.4 is 5.32 Å². The number of nitrogens with one attached hydrogen (secondary N) is 1. The van der Waals surface area contributed by atoms with Crippen LogP contribution in [0.2, 0.25) is 10.0 Å². The standard InChI is InChI=1S/C24H21Cl2N3O/c1-14-9-10-17(12-16(14)3)23-20(29-11-5-6-15(2)24(29)28-23)13-21(30)27-19-8-4-7-18(25)22(19)26/h4-12H,13H2,1-3H3,(H,27,30). The van der Waals surface area contributed by atoms with Gasteiger partial charge in [-0.2, -0.15) is 0 Å². The Balaban J connectivity index is 1.77. The van der Waals surface area contributed by atoms with E-state index in [1.54, 1.807) is 18.2 Å². The Hall–Kier alpha value is -2.82. The largest absolute Gasteiger partial charge is 0.324 e. The molecule has 0 aliphatic carbocycles. The second-order valence-corrected chi connectivity index (χ2v) is 8.20. The Morgan fingerprint density at radius 3 is 2.57 bits per heavy atom. The molecule has 2 heterocycles. The van der Waals surface area contributed by atoms with Crippen LogP contribution in [0, 0.1) is 20.8 Å². The number of aromatic nitrogens is 2. The number of fused-ring (bicyclic) bond motifs is 1. The minimum atomic E-state index is -0.187. The smallest absolute Gasteiger partial charge is 0.230 e. The Kier molecular flexibility index (Phi) is 5.54. The third kappa shape index (κ3) is 3.81. The van der Waals surface area contributed by atoms with Crippen molar-refractivity contribution in [3.8, 4) is 11.3 Å². The Morgan fingerprint density at radius 1 is 1.00 bits per heavy atom. The first-order valence-corrected chi connectivity index (χ1v) is 10.4. The molecule has 2 aromatic heterocycles. The zero-order valence-corrected chi connectivity index (χ0v) is 18.5. The summed E-state index contributed by atoms with van der Waals surface area (Å²) in [7, 11) is 0. The molecule has 0 bridgehead atoms. The Labute approximate surface area is 185 Å². The van der Waals surface area contributed by atoms with Crippen molar-refractivity contribution in [3.63, 3.8) is 0 Å². The van der Waals surface area contributed by atoms with Crippen molar-refractivity contribution in [1.82, 2.24) is 9.38 Å². The van der Waals surface area contributed by atoms with Gasteiger partial charge in [-0.05, 0) is 61.7 Å². The van der Waals surface area contributed by atoms with Crippen molar-refractivity contribution in [3.05, 3.63) is 87.2 Å². The number of rotatable bonds is 4. The van der Waals surface area contributed by atoms with Crippen molar-refractivity contribution in [2.75, 3.05) is 5.32 Å². The molecule has 0 aliphatic rings. The van der Waals surface area contributed by atoms with Gasteiger partial charge in [0.15, 0.2) is 0 Å². The highest BCUT2D eigenvalue weighted by Gasteiger charge is 2.19. The SMILES string of the molecule is Cc1ccc(-c2nc3c(C)cccn3c2CC(=O)Nc2cccc(Cl)c2Cl)cc1C. The number of carbonyl (C=O) groups is 1. The van der Waals surface area contributed by atoms with Gasteiger partial charge in [0.25, 0.3) is 0 Å². The molecule has 2 aromatic carbocycles. The molecule has 0 aliphatic heterocycles. The first kappa shape index (κ1) is 20.5. The summed E-state index contributed by atoms with van der Waals surface area (Å²) in [6, 6.07) is 15.4. The molecule has 30 heavy (non-hydrogen) atoms. The molecular formula is C24H21Cl2N3O. The van der Waals surface area contributed by atoms with Gasteiger partial charge in [-0.25, -0.2) is 4.98 Å². The lowest BCUT2D eigenvalue weighted by atomic mass is 10.0. The highest BCUT2D eigenvalue weighted by Crippen LogP contribution is 2.31. The van der Waals surface area contributed by atoms with E-state index in [0.29, 0.717) is 15.7 Å². The van der Waals surface area contributed by atoms with Crippen LogP contribution in [0.3, 0.4) is 0 Å². The average molecular weight is 438 g/mol. The predicted molar refractivity (Wildman–Crippen MR) is 124 cm³/mol. The summed E-state index contributed by atoms with van der Waals surface area (Å²) in [5.74, 6) is -0.187. The normalized spacial score (nSPS) is 11.1. The lowest BCUT2D eigenvalue weighted by molar-refractivity contribution is -0.115. The molecule has 4 nitrogen and oxygen atoms in total. The molecule has 0 saturated carbocycles. The predicted octanol–water partition coefficient (Wildman–Crippen LogP) is 6.41. The van der Waals surface area contributed by atoms with Crippen LogP contribution in [0.1, 0.15) is 22.4 Å². The topological polar surface area (TPSA) is 46.4 Å². The summed E-state index contributed by atoms with van der Waals surface area (Å²) in [5.41, 5.74) is 7.40. The maximum atomic E-state index is 12.9. The van der Waals surface area contributed by atoms with Crippen LogP contribution in [0.25, 0.3) is 16.9 Å². The van der Waals surface area contributed by atoms with Crippen molar-refractivity contribution in [2.45, 2.75) is 27.2 Å². The number of aryl methyl sites for hydroxylation is 3. The fourth-order valence-corrected chi connectivity index (χ4v) is 3.84. The number of carbonyl (C=O) groups excluding carboxylic acids is 1. The highest BCUT2D eigenvalue weighted by atomic mass is 35.5. The molecule has 1 amide bonds. The Morgan fingerprint density at radius 2 is 1.80 bits per heavy atom. The van der Waals surface area contributed by atoms with Crippen molar-refractivity contribution in [2.24, 2.45) is 0 Å². The molecular weight excluding hydrogens is 417 g/mol. The van der Waals surface area contributed by atoms with Gasteiger partial charge in [0.1, 0.15) is 5.65 Å². The van der Waals surface area contributed by atoms with E-state index in [4.69, 9.17) is 28.2 Å². The van der Waals surface area contributed by atoms with E-state index in [1.807, 2.05) is 29.7 Å². The van der Waals surface area contributed by atoms with Gasteiger partial charge in [-0.15, -0.1) is 0 Å². The molecule has 0 saturated heterocycles. The van der Waals surface area contributed by atoms with E-state index in [-0.39, 0.29) is 12.3 Å². The van der Waals surface area contributed by atoms with Crippen LogP contribution in [-0.2, 0) is 11.2 Å². The third-order valence-electron chi connectivity index (χ3n) is 5.28. The molecule has 4 rings (SSSR count). The van der Waals surface area contributed by atoms with Crippen molar-refractivity contribution < 1.29 is 4.79 Å². The van der Waals surface area contributed by atoms with Crippen LogP contribution in [-0.4, -0.2) is 15.3 Å². The first-order valence-electron chi connectivity index (χ1n) is 9.63. The van der Waals surface area contributed by atoms with Gasteiger partial charge in [-0.3, -0.25) is 4.79 Å². The van der Waals surface area contributed by atoms with Crippen molar-refractivity contribution in [1.29, 1.82) is 0 Å². The molecule has 6 heteroatoms. The number of hydrogen-bond acceptors (Lipinski definition) is 2. The van der Waals surface area contributed by atoms with Crippen LogP contribution in [0.5, 0.6) is 0 Å². The van der Waals surface area contributed by atoms with Gasteiger partial charge in [0, 0.05) is 11.8 Å². The quantitative estimate of drug-likeness (QED) is 0.400.